The van der Waals surface area contributed by atoms with E-state index >= 15 is 0 Å². The average Bonchev–Trinajstić information content (AvgIpc) is 3.34. The van der Waals surface area contributed by atoms with Crippen LogP contribution in [0.2, 0.25) is 0 Å². The Labute approximate surface area is 174 Å². The van der Waals surface area contributed by atoms with E-state index in [1.165, 1.54) is 0 Å². The molecule has 6 nitrogen and oxygen atoms in total. The van der Waals surface area contributed by atoms with Crippen molar-refractivity contribution >= 4 is 28.4 Å². The van der Waals surface area contributed by atoms with Crippen LogP contribution < -0.4 is 0 Å². The summed E-state index contributed by atoms with van der Waals surface area (Å²) >= 11 is 0. The van der Waals surface area contributed by atoms with Gasteiger partial charge in [-0.1, -0.05) is 43.5 Å². The maximum Gasteiger partial charge on any atom is 0.295 e. The number of carbonyl (C=O) groups is 2. The van der Waals surface area contributed by atoms with Gasteiger partial charge in [-0.05, 0) is 31.0 Å². The Hall–Kier alpha value is -3.41. The number of aromatic nitrogens is 2. The van der Waals surface area contributed by atoms with E-state index < -0.39 is 17.7 Å². The molecule has 2 N–H and O–H groups in total. The standard InChI is InChI=1S/C24H23N3O3/c28-22(17-14-26-18-11-5-4-10-16(17)18)20-21(19-12-6-7-13-25-19)27(24(30)23(20)29)15-8-2-1-3-9-15/h4-7,10-15,21,26,28H,1-3,8-9H2/b22-20-. The topological polar surface area (TPSA) is 86.3 Å². The van der Waals surface area contributed by atoms with Crippen molar-refractivity contribution in [3.8, 4) is 0 Å². The maximum atomic E-state index is 13.2. The number of hydrogen-bond donors (Lipinski definition) is 2. The number of likely N-dealkylation sites (tertiary alicyclic amines) is 1. The van der Waals surface area contributed by atoms with Crippen molar-refractivity contribution in [1.82, 2.24) is 14.9 Å². The fourth-order valence-electron chi connectivity index (χ4n) is 4.83. The molecule has 30 heavy (non-hydrogen) atoms. The third-order valence-corrected chi connectivity index (χ3v) is 6.26. The molecule has 152 valence electrons. The lowest BCUT2D eigenvalue weighted by Crippen LogP contribution is -2.40. The van der Waals surface area contributed by atoms with Gasteiger partial charge in [0.1, 0.15) is 11.8 Å². The number of aromatic amines is 1. The summed E-state index contributed by atoms with van der Waals surface area (Å²) in [6.45, 7) is 0. The van der Waals surface area contributed by atoms with Gasteiger partial charge in [-0.15, -0.1) is 0 Å². The Morgan fingerprint density at radius 1 is 1.03 bits per heavy atom. The first-order valence-electron chi connectivity index (χ1n) is 10.4. The molecular formula is C24H23N3O3. The molecule has 1 aliphatic carbocycles. The van der Waals surface area contributed by atoms with E-state index in [4.69, 9.17) is 0 Å². The third-order valence-electron chi connectivity index (χ3n) is 6.26. The Bertz CT molecular complexity index is 1140. The van der Waals surface area contributed by atoms with Crippen molar-refractivity contribution < 1.29 is 14.7 Å². The van der Waals surface area contributed by atoms with E-state index in [1.807, 2.05) is 36.4 Å². The highest BCUT2D eigenvalue weighted by Gasteiger charge is 2.49. The Balaban J connectivity index is 1.69. The summed E-state index contributed by atoms with van der Waals surface area (Å²) in [7, 11) is 0. The normalized spacial score (nSPS) is 22.1. The predicted octanol–water partition coefficient (Wildman–Crippen LogP) is 4.32. The minimum atomic E-state index is -0.678. The Morgan fingerprint density at radius 2 is 1.80 bits per heavy atom. The van der Waals surface area contributed by atoms with Crippen LogP contribution in [0.4, 0.5) is 0 Å². The first-order valence-corrected chi connectivity index (χ1v) is 10.4. The maximum absolute atomic E-state index is 13.2. The van der Waals surface area contributed by atoms with Crippen LogP contribution in [-0.4, -0.2) is 37.7 Å². The number of fused-ring (bicyclic) bond motifs is 1. The molecule has 5 rings (SSSR count). The van der Waals surface area contributed by atoms with Gasteiger partial charge < -0.3 is 15.0 Å². The quantitative estimate of drug-likeness (QED) is 0.389. The number of nitrogens with one attached hydrogen (secondary N) is 1. The smallest absolute Gasteiger partial charge is 0.295 e. The van der Waals surface area contributed by atoms with Crippen LogP contribution >= 0.6 is 0 Å². The van der Waals surface area contributed by atoms with Crippen LogP contribution in [0.25, 0.3) is 16.7 Å². The second-order valence-electron chi connectivity index (χ2n) is 8.00. The highest BCUT2D eigenvalue weighted by atomic mass is 16.3. The summed E-state index contributed by atoms with van der Waals surface area (Å²) in [4.78, 5) is 35.6. The number of para-hydroxylation sites is 1. The van der Waals surface area contributed by atoms with Gasteiger partial charge in [0.25, 0.3) is 11.7 Å². The number of benzene rings is 1. The number of nitrogens with zero attached hydrogens (tertiary/aromatic N) is 2. The van der Waals surface area contributed by atoms with E-state index in [1.54, 1.807) is 23.4 Å². The Morgan fingerprint density at radius 3 is 2.57 bits per heavy atom. The first-order chi connectivity index (χ1) is 14.7. The molecular weight excluding hydrogens is 378 g/mol. The van der Waals surface area contributed by atoms with E-state index in [0.29, 0.717) is 11.3 Å². The molecule has 1 unspecified atom stereocenters. The van der Waals surface area contributed by atoms with Crippen molar-refractivity contribution in [2.45, 2.75) is 44.2 Å². The Kier molecular flexibility index (Phi) is 4.62. The summed E-state index contributed by atoms with van der Waals surface area (Å²) in [5.41, 5.74) is 2.10. The molecule has 6 heteroatoms. The van der Waals surface area contributed by atoms with Crippen molar-refractivity contribution in [2.75, 3.05) is 0 Å². The van der Waals surface area contributed by atoms with Crippen LogP contribution in [0.15, 0.2) is 60.4 Å². The molecule has 2 aromatic heterocycles. The molecule has 2 aliphatic rings. The summed E-state index contributed by atoms with van der Waals surface area (Å²) in [5.74, 6) is -1.34. The molecule has 0 spiro atoms. The lowest BCUT2D eigenvalue weighted by molar-refractivity contribution is -0.141. The number of Topliss-reactive ketones (excluding diaryl/α,β-unsaturated/α-hetero) is 1. The second kappa shape index (κ2) is 7.44. The van der Waals surface area contributed by atoms with Gasteiger partial charge in [0.2, 0.25) is 0 Å². The molecule has 3 aromatic rings. The zero-order valence-electron chi connectivity index (χ0n) is 16.5. The number of hydrogen-bond acceptors (Lipinski definition) is 4. The predicted molar refractivity (Wildman–Crippen MR) is 114 cm³/mol. The van der Waals surface area contributed by atoms with Gasteiger partial charge in [-0.3, -0.25) is 14.6 Å². The number of ketones is 1. The monoisotopic (exact) mass is 401 g/mol. The number of carbonyl (C=O) groups excluding carboxylic acids is 2. The van der Waals surface area contributed by atoms with Crippen LogP contribution in [0.5, 0.6) is 0 Å². The zero-order chi connectivity index (χ0) is 20.7. The summed E-state index contributed by atoms with van der Waals surface area (Å²) < 4.78 is 0. The largest absolute Gasteiger partial charge is 0.507 e. The van der Waals surface area contributed by atoms with Gasteiger partial charge in [0, 0.05) is 34.9 Å². The van der Waals surface area contributed by atoms with Gasteiger partial charge in [-0.2, -0.15) is 0 Å². The lowest BCUT2D eigenvalue weighted by atomic mass is 9.92. The minimum Gasteiger partial charge on any atom is -0.507 e. The second-order valence-corrected chi connectivity index (χ2v) is 8.00. The number of pyridine rings is 1. The summed E-state index contributed by atoms with van der Waals surface area (Å²) in [6, 6.07) is 12.3. The molecule has 1 saturated heterocycles. The average molecular weight is 401 g/mol. The van der Waals surface area contributed by atoms with E-state index in [2.05, 4.69) is 9.97 Å². The molecule has 0 radical (unpaired) electrons. The number of aliphatic hydroxyl groups excluding tert-OH is 1. The van der Waals surface area contributed by atoms with Gasteiger partial charge in [0.15, 0.2) is 0 Å². The third kappa shape index (κ3) is 2.91. The van der Waals surface area contributed by atoms with E-state index in [9.17, 15) is 14.7 Å². The molecule has 1 aliphatic heterocycles. The highest BCUT2D eigenvalue weighted by Crippen LogP contribution is 2.43. The van der Waals surface area contributed by atoms with E-state index in [0.717, 1.165) is 43.0 Å². The molecule has 1 aromatic carbocycles. The van der Waals surface area contributed by atoms with Crippen molar-refractivity contribution in [3.05, 3.63) is 71.7 Å². The molecule has 3 heterocycles. The molecule has 2 fully saturated rings. The molecule has 1 amide bonds. The summed E-state index contributed by atoms with van der Waals surface area (Å²) in [6.07, 6.45) is 8.28. The van der Waals surface area contributed by atoms with Crippen molar-refractivity contribution in [1.29, 1.82) is 0 Å². The molecule has 1 saturated carbocycles. The first kappa shape index (κ1) is 18.6. The number of amides is 1. The fraction of sp³-hybridized carbons (Fsp3) is 0.292. The number of aliphatic hydroxyl groups is 1. The van der Waals surface area contributed by atoms with Crippen LogP contribution in [0, 0.1) is 0 Å². The molecule has 0 bridgehead atoms. The fourth-order valence-corrected chi connectivity index (χ4v) is 4.83. The molecule has 1 atom stereocenters. The van der Waals surface area contributed by atoms with Crippen LogP contribution in [0.1, 0.15) is 49.4 Å². The van der Waals surface area contributed by atoms with Crippen LogP contribution in [-0.2, 0) is 9.59 Å². The van der Waals surface area contributed by atoms with Gasteiger partial charge >= 0.3 is 0 Å². The summed E-state index contributed by atoms with van der Waals surface area (Å²) in [5, 5.41) is 12.1. The van der Waals surface area contributed by atoms with Crippen molar-refractivity contribution in [2.24, 2.45) is 0 Å². The van der Waals surface area contributed by atoms with E-state index in [-0.39, 0.29) is 17.4 Å². The number of H-pyrrole nitrogens is 1. The van der Waals surface area contributed by atoms with Gasteiger partial charge in [-0.25, -0.2) is 0 Å². The zero-order valence-corrected chi connectivity index (χ0v) is 16.5. The van der Waals surface area contributed by atoms with Crippen molar-refractivity contribution in [3.63, 3.8) is 0 Å². The SMILES string of the molecule is O=C1C(=O)N(C2CCCCC2)C(c2ccccn2)/C1=C(/O)c1c[nH]c2ccccc12. The van der Waals surface area contributed by atoms with Crippen LogP contribution in [0.3, 0.4) is 0 Å². The highest BCUT2D eigenvalue weighted by molar-refractivity contribution is 6.46. The minimum absolute atomic E-state index is 0.0181. The lowest BCUT2D eigenvalue weighted by Gasteiger charge is -2.35. The number of rotatable bonds is 3. The van der Waals surface area contributed by atoms with Gasteiger partial charge in [0.05, 0.1) is 11.3 Å².